The number of carboxylic acids is 1. The molecule has 0 N–H and O–H groups in total. The molecule has 108 valence electrons. The van der Waals surface area contributed by atoms with Crippen LogP contribution in [0.15, 0.2) is 17.7 Å². The van der Waals surface area contributed by atoms with E-state index in [1.807, 2.05) is 0 Å². The van der Waals surface area contributed by atoms with Crippen molar-refractivity contribution in [2.24, 2.45) is 0 Å². The molecular formula is C13H10F3O4-. The van der Waals surface area contributed by atoms with Crippen molar-refractivity contribution in [1.82, 2.24) is 0 Å². The predicted octanol–water partition coefficient (Wildman–Crippen LogP) is 1.46. The number of halogens is 3. The first-order chi connectivity index (χ1) is 9.24. The maximum atomic E-state index is 12.8. The molecule has 0 fully saturated rings. The Balaban J connectivity index is 2.60. The van der Waals surface area contributed by atoms with Gasteiger partial charge in [-0.2, -0.15) is 13.2 Å². The molecule has 0 bridgehead atoms. The average Bonchev–Trinajstić information content (AvgIpc) is 2.35. The number of ether oxygens (including phenoxy) is 2. The number of carbonyl (C=O) groups is 1. The summed E-state index contributed by atoms with van der Waals surface area (Å²) >= 11 is 0. The van der Waals surface area contributed by atoms with Gasteiger partial charge in [0, 0.05) is 11.1 Å². The van der Waals surface area contributed by atoms with Gasteiger partial charge in [-0.1, -0.05) is 0 Å². The Hall–Kier alpha value is -2.18. The Labute approximate surface area is 112 Å². The molecule has 1 heterocycles. The first-order valence-electron chi connectivity index (χ1n) is 5.59. The summed E-state index contributed by atoms with van der Waals surface area (Å²) in [7, 11) is 1.40. The molecule has 0 radical (unpaired) electrons. The van der Waals surface area contributed by atoms with Crippen LogP contribution in [0.25, 0.3) is 6.08 Å². The van der Waals surface area contributed by atoms with Gasteiger partial charge in [0.2, 0.25) is 6.10 Å². The van der Waals surface area contributed by atoms with Gasteiger partial charge in [0.15, 0.2) is 0 Å². The summed E-state index contributed by atoms with van der Waals surface area (Å²) in [6.45, 7) is 1.55. The second-order valence-corrected chi connectivity index (χ2v) is 4.29. The first-order valence-corrected chi connectivity index (χ1v) is 5.59. The molecule has 0 spiro atoms. The van der Waals surface area contributed by atoms with Crippen LogP contribution in [0.5, 0.6) is 11.5 Å². The van der Waals surface area contributed by atoms with Crippen LogP contribution < -0.4 is 14.6 Å². The molecule has 1 atom stereocenters. The maximum absolute atomic E-state index is 12.8. The van der Waals surface area contributed by atoms with E-state index in [1.54, 1.807) is 6.92 Å². The van der Waals surface area contributed by atoms with Crippen molar-refractivity contribution >= 4 is 12.0 Å². The standard InChI is InChI=1S/C13H11F3O4/c1-6-3-8(19-2)4-7-5-9(12(17)18)11(13(14,15)16)20-10(6)7/h3-5,11H,1-2H3,(H,17,18)/p-1. The zero-order valence-corrected chi connectivity index (χ0v) is 10.6. The number of hydrogen-bond donors (Lipinski definition) is 0. The molecule has 7 heteroatoms. The second kappa shape index (κ2) is 4.73. The predicted molar refractivity (Wildman–Crippen MR) is 61.2 cm³/mol. The minimum absolute atomic E-state index is 0.0156. The van der Waals surface area contributed by atoms with Gasteiger partial charge in [-0.25, -0.2) is 0 Å². The van der Waals surface area contributed by atoms with E-state index in [9.17, 15) is 23.1 Å². The lowest BCUT2D eigenvalue weighted by Gasteiger charge is -2.30. The van der Waals surface area contributed by atoms with E-state index in [0.29, 0.717) is 11.3 Å². The fourth-order valence-corrected chi connectivity index (χ4v) is 1.99. The minimum Gasteiger partial charge on any atom is -0.545 e. The van der Waals surface area contributed by atoms with E-state index in [2.05, 4.69) is 0 Å². The highest BCUT2D eigenvalue weighted by Crippen LogP contribution is 2.40. The molecule has 2 rings (SSSR count). The number of benzene rings is 1. The van der Waals surface area contributed by atoms with Crippen LogP contribution in [0.2, 0.25) is 0 Å². The molecule has 0 saturated heterocycles. The quantitative estimate of drug-likeness (QED) is 0.826. The molecular weight excluding hydrogens is 277 g/mol. The number of hydrogen-bond acceptors (Lipinski definition) is 4. The number of aliphatic carboxylic acids is 1. The minimum atomic E-state index is -4.84. The van der Waals surface area contributed by atoms with Crippen molar-refractivity contribution in [3.05, 3.63) is 28.8 Å². The molecule has 1 unspecified atom stereocenters. The second-order valence-electron chi connectivity index (χ2n) is 4.29. The third-order valence-electron chi connectivity index (χ3n) is 2.87. The number of aryl methyl sites for hydroxylation is 1. The molecule has 4 nitrogen and oxygen atoms in total. The fraction of sp³-hybridized carbons (Fsp3) is 0.308. The van der Waals surface area contributed by atoms with Crippen molar-refractivity contribution in [1.29, 1.82) is 0 Å². The summed E-state index contributed by atoms with van der Waals surface area (Å²) in [6.07, 6.45) is -6.47. The molecule has 0 saturated carbocycles. The Morgan fingerprint density at radius 3 is 2.55 bits per heavy atom. The highest BCUT2D eigenvalue weighted by molar-refractivity contribution is 5.93. The molecule has 1 aliphatic rings. The Morgan fingerprint density at radius 2 is 2.05 bits per heavy atom. The topological polar surface area (TPSA) is 58.6 Å². The van der Waals surface area contributed by atoms with Crippen molar-refractivity contribution in [2.75, 3.05) is 7.11 Å². The number of rotatable bonds is 2. The third-order valence-corrected chi connectivity index (χ3v) is 2.87. The van der Waals surface area contributed by atoms with Gasteiger partial charge in [0.25, 0.3) is 0 Å². The summed E-state index contributed by atoms with van der Waals surface area (Å²) in [6, 6.07) is 2.90. The van der Waals surface area contributed by atoms with Gasteiger partial charge in [-0.3, -0.25) is 0 Å². The summed E-state index contributed by atoms with van der Waals surface area (Å²) in [5.74, 6) is -1.54. The zero-order valence-electron chi connectivity index (χ0n) is 10.6. The highest BCUT2D eigenvalue weighted by Gasteiger charge is 2.46. The van der Waals surface area contributed by atoms with Crippen LogP contribution in [0, 0.1) is 6.92 Å². The summed E-state index contributed by atoms with van der Waals surface area (Å²) in [4.78, 5) is 10.9. The number of methoxy groups -OCH3 is 1. The highest BCUT2D eigenvalue weighted by atomic mass is 19.4. The SMILES string of the molecule is COc1cc(C)c2c(c1)C=C(C(=O)[O-])C(C(F)(F)F)O2. The van der Waals surface area contributed by atoms with Crippen LogP contribution in [-0.2, 0) is 4.79 Å². The fourth-order valence-electron chi connectivity index (χ4n) is 1.99. The molecule has 0 aliphatic carbocycles. The number of alkyl halides is 3. The third kappa shape index (κ3) is 2.43. The van der Waals surface area contributed by atoms with E-state index in [-0.39, 0.29) is 11.3 Å². The lowest BCUT2D eigenvalue weighted by Crippen LogP contribution is -2.44. The number of fused-ring (bicyclic) bond motifs is 1. The Kier molecular flexibility index (Phi) is 3.37. The van der Waals surface area contributed by atoms with E-state index in [0.717, 1.165) is 6.08 Å². The first kappa shape index (κ1) is 14.2. The number of carboxylic acid groups (broad SMARTS) is 1. The molecule has 1 aromatic carbocycles. The maximum Gasteiger partial charge on any atom is 0.429 e. The monoisotopic (exact) mass is 287 g/mol. The van der Waals surface area contributed by atoms with E-state index >= 15 is 0 Å². The van der Waals surface area contributed by atoms with Crippen LogP contribution >= 0.6 is 0 Å². The molecule has 20 heavy (non-hydrogen) atoms. The Bertz CT molecular complexity index is 590. The Morgan fingerprint density at radius 1 is 1.40 bits per heavy atom. The van der Waals surface area contributed by atoms with E-state index in [4.69, 9.17) is 9.47 Å². The lowest BCUT2D eigenvalue weighted by atomic mass is 9.99. The summed E-state index contributed by atoms with van der Waals surface area (Å²) in [5, 5.41) is 10.9. The van der Waals surface area contributed by atoms with Crippen molar-refractivity contribution in [3.63, 3.8) is 0 Å². The molecule has 0 amide bonds. The number of carbonyl (C=O) groups excluding carboxylic acids is 1. The summed E-state index contributed by atoms with van der Waals surface area (Å²) < 4.78 is 48.3. The smallest absolute Gasteiger partial charge is 0.429 e. The van der Waals surface area contributed by atoms with Gasteiger partial charge in [0.1, 0.15) is 11.5 Å². The summed E-state index contributed by atoms with van der Waals surface area (Å²) in [5.41, 5.74) is -0.332. The van der Waals surface area contributed by atoms with Crippen LogP contribution in [-0.4, -0.2) is 25.4 Å². The van der Waals surface area contributed by atoms with Crippen LogP contribution in [0.1, 0.15) is 11.1 Å². The molecule has 1 aliphatic heterocycles. The molecule has 1 aromatic rings. The largest absolute Gasteiger partial charge is 0.545 e. The molecule has 0 aromatic heterocycles. The van der Waals surface area contributed by atoms with Crippen molar-refractivity contribution < 1.29 is 32.5 Å². The van der Waals surface area contributed by atoms with Gasteiger partial charge < -0.3 is 19.4 Å². The van der Waals surface area contributed by atoms with Crippen molar-refractivity contribution in [3.8, 4) is 11.5 Å². The van der Waals surface area contributed by atoms with E-state index in [1.165, 1.54) is 19.2 Å². The van der Waals surface area contributed by atoms with Gasteiger partial charge >= 0.3 is 6.18 Å². The van der Waals surface area contributed by atoms with Gasteiger partial charge in [0.05, 0.1) is 13.1 Å². The zero-order chi connectivity index (χ0) is 15.1. The lowest BCUT2D eigenvalue weighted by molar-refractivity contribution is -0.302. The van der Waals surface area contributed by atoms with Crippen LogP contribution in [0.4, 0.5) is 13.2 Å². The van der Waals surface area contributed by atoms with Crippen molar-refractivity contribution in [2.45, 2.75) is 19.2 Å². The normalized spacial score (nSPS) is 17.9. The average molecular weight is 287 g/mol. The van der Waals surface area contributed by atoms with E-state index < -0.39 is 23.8 Å². The van der Waals surface area contributed by atoms with Gasteiger partial charge in [-0.15, -0.1) is 0 Å². The van der Waals surface area contributed by atoms with Gasteiger partial charge in [-0.05, 0) is 30.7 Å². The van der Waals surface area contributed by atoms with Crippen LogP contribution in [0.3, 0.4) is 0 Å².